The molecule has 1 aromatic heterocycles. The van der Waals surface area contributed by atoms with Crippen LogP contribution in [0.1, 0.15) is 26.5 Å². The summed E-state index contributed by atoms with van der Waals surface area (Å²) in [5, 5.41) is 8.57. The summed E-state index contributed by atoms with van der Waals surface area (Å²) in [6.45, 7) is 0.217. The monoisotopic (exact) mass is 366 g/mol. The number of carboxylic acid groups (broad SMARTS) is 1. The predicted molar refractivity (Wildman–Crippen MR) is 88.8 cm³/mol. The van der Waals surface area contributed by atoms with E-state index in [0.29, 0.717) is 0 Å². The van der Waals surface area contributed by atoms with Crippen molar-refractivity contribution < 1.29 is 27.5 Å². The van der Waals surface area contributed by atoms with Gasteiger partial charge >= 0.3 is 5.97 Å². The lowest BCUT2D eigenvalue weighted by molar-refractivity contribution is 0.0694. The molecule has 2 aromatic rings. The molecule has 0 spiro atoms. The second-order valence-electron chi connectivity index (χ2n) is 5.57. The molecule has 1 amide bonds. The molecule has 2 rings (SSSR count). The number of carboxylic acids is 1. The van der Waals surface area contributed by atoms with Gasteiger partial charge in [0.25, 0.3) is 15.9 Å². The smallest absolute Gasteiger partial charge is 0.335 e. The second-order valence-corrected chi connectivity index (χ2v) is 7.65. The molecule has 0 radical (unpaired) electrons. The molecular weight excluding hydrogens is 348 g/mol. The maximum absolute atomic E-state index is 12.4. The molecule has 0 aliphatic rings. The van der Waals surface area contributed by atoms with E-state index >= 15 is 0 Å². The Bertz CT molecular complexity index is 884. The Labute approximate surface area is 145 Å². The predicted octanol–water partition coefficient (Wildman–Crippen LogP) is 1.50. The highest BCUT2D eigenvalue weighted by Gasteiger charge is 2.24. The van der Waals surface area contributed by atoms with E-state index in [0.717, 1.165) is 9.87 Å². The summed E-state index contributed by atoms with van der Waals surface area (Å²) in [6, 6.07) is 8.66. The Morgan fingerprint density at radius 3 is 2.16 bits per heavy atom. The third kappa shape index (κ3) is 4.06. The maximum atomic E-state index is 12.4. The third-order valence-electron chi connectivity index (χ3n) is 3.49. The largest absolute Gasteiger partial charge is 0.478 e. The second kappa shape index (κ2) is 7.08. The number of rotatable bonds is 6. The average Bonchev–Trinajstić information content (AvgIpc) is 3.05. The van der Waals surface area contributed by atoms with E-state index in [9.17, 15) is 18.0 Å². The molecule has 25 heavy (non-hydrogen) atoms. The van der Waals surface area contributed by atoms with Crippen LogP contribution in [0.5, 0.6) is 0 Å². The molecule has 8 nitrogen and oxygen atoms in total. The van der Waals surface area contributed by atoms with Gasteiger partial charge < -0.3 is 14.4 Å². The fourth-order valence-corrected chi connectivity index (χ4v) is 2.84. The molecule has 0 unspecified atom stereocenters. The zero-order valence-electron chi connectivity index (χ0n) is 14.0. The number of benzene rings is 1. The van der Waals surface area contributed by atoms with Gasteiger partial charge in [-0.15, -0.1) is 0 Å². The van der Waals surface area contributed by atoms with Crippen molar-refractivity contribution in [2.75, 3.05) is 21.1 Å². The maximum Gasteiger partial charge on any atom is 0.335 e. The summed E-state index contributed by atoms with van der Waals surface area (Å²) in [7, 11) is 0.526. The summed E-state index contributed by atoms with van der Waals surface area (Å²) in [6.07, 6.45) is 0. The first-order valence-electron chi connectivity index (χ1n) is 7.23. The fraction of sp³-hybridized carbons (Fsp3) is 0.250. The first kappa shape index (κ1) is 18.7. The third-order valence-corrected chi connectivity index (χ3v) is 5.18. The summed E-state index contributed by atoms with van der Waals surface area (Å²) >= 11 is 0. The van der Waals surface area contributed by atoms with Crippen molar-refractivity contribution in [2.45, 2.75) is 11.6 Å². The number of amides is 1. The van der Waals surface area contributed by atoms with Crippen LogP contribution in [0, 0.1) is 0 Å². The Morgan fingerprint density at radius 2 is 1.64 bits per heavy atom. The normalized spacial score (nSPS) is 11.5. The molecule has 0 aliphatic heterocycles. The van der Waals surface area contributed by atoms with Crippen LogP contribution in [-0.2, 0) is 16.6 Å². The number of carbonyl (C=O) groups is 2. The Kier molecular flexibility index (Phi) is 5.29. The van der Waals surface area contributed by atoms with E-state index in [1.165, 1.54) is 50.3 Å². The van der Waals surface area contributed by atoms with Crippen LogP contribution in [0.15, 0.2) is 45.9 Å². The number of aromatic carboxylic acids is 1. The number of sulfonamides is 1. The van der Waals surface area contributed by atoms with Gasteiger partial charge in [0.15, 0.2) is 5.76 Å². The molecule has 0 atom stereocenters. The van der Waals surface area contributed by atoms with Crippen molar-refractivity contribution in [1.82, 2.24) is 9.21 Å². The molecule has 1 heterocycles. The van der Waals surface area contributed by atoms with E-state index in [2.05, 4.69) is 0 Å². The number of hydrogen-bond acceptors (Lipinski definition) is 5. The summed E-state index contributed by atoms with van der Waals surface area (Å²) in [5.41, 5.74) is 0.885. The van der Waals surface area contributed by atoms with E-state index in [-0.39, 0.29) is 23.0 Å². The highest BCUT2D eigenvalue weighted by atomic mass is 32.2. The highest BCUT2D eigenvalue weighted by Crippen LogP contribution is 2.18. The first-order valence-corrected chi connectivity index (χ1v) is 8.67. The Morgan fingerprint density at radius 1 is 1.04 bits per heavy atom. The molecule has 0 fully saturated rings. The van der Waals surface area contributed by atoms with Crippen molar-refractivity contribution in [3.63, 3.8) is 0 Å². The lowest BCUT2D eigenvalue weighted by atomic mass is 10.1. The topological polar surface area (TPSA) is 108 Å². The van der Waals surface area contributed by atoms with Crippen molar-refractivity contribution in [3.8, 4) is 0 Å². The molecule has 134 valence electrons. The number of furan rings is 1. The lowest BCUT2D eigenvalue weighted by Crippen LogP contribution is -2.26. The van der Waals surface area contributed by atoms with Crippen LogP contribution in [-0.4, -0.2) is 55.7 Å². The lowest BCUT2D eigenvalue weighted by Gasteiger charge is -2.16. The van der Waals surface area contributed by atoms with Crippen molar-refractivity contribution in [3.05, 3.63) is 53.3 Å². The highest BCUT2D eigenvalue weighted by molar-refractivity contribution is 7.88. The van der Waals surface area contributed by atoms with E-state index in [1.807, 2.05) is 0 Å². The van der Waals surface area contributed by atoms with E-state index in [1.54, 1.807) is 12.1 Å². The Hall–Kier alpha value is -2.65. The van der Waals surface area contributed by atoms with Crippen molar-refractivity contribution in [1.29, 1.82) is 0 Å². The minimum absolute atomic E-state index is 0.0925. The van der Waals surface area contributed by atoms with Gasteiger partial charge in [0, 0.05) is 27.7 Å². The SMILES string of the molecule is CN(Cc1ccc(C(=O)O)cc1)C(=O)c1ccc(S(=O)(=O)N(C)C)o1. The number of nitrogens with zero attached hydrogens (tertiary/aromatic N) is 2. The van der Waals surface area contributed by atoms with E-state index < -0.39 is 21.9 Å². The van der Waals surface area contributed by atoms with Gasteiger partial charge in [-0.3, -0.25) is 4.79 Å². The number of carbonyl (C=O) groups excluding carboxylic acids is 1. The minimum atomic E-state index is -3.75. The van der Waals surface area contributed by atoms with Crippen LogP contribution in [0.4, 0.5) is 0 Å². The molecule has 9 heteroatoms. The summed E-state index contributed by atoms with van der Waals surface area (Å²) in [4.78, 5) is 24.5. The molecule has 0 saturated heterocycles. The van der Waals surface area contributed by atoms with Crippen LogP contribution < -0.4 is 0 Å². The zero-order valence-corrected chi connectivity index (χ0v) is 14.8. The summed E-state index contributed by atoms with van der Waals surface area (Å²) < 4.78 is 30.1. The van der Waals surface area contributed by atoms with Crippen LogP contribution in [0.25, 0.3) is 0 Å². The van der Waals surface area contributed by atoms with Gasteiger partial charge in [-0.25, -0.2) is 17.5 Å². The first-order chi connectivity index (χ1) is 11.6. The zero-order chi connectivity index (χ0) is 18.8. The van der Waals surface area contributed by atoms with Gasteiger partial charge in [0.1, 0.15) is 0 Å². The van der Waals surface area contributed by atoms with Crippen LogP contribution >= 0.6 is 0 Å². The van der Waals surface area contributed by atoms with Gasteiger partial charge in [-0.1, -0.05) is 12.1 Å². The average molecular weight is 366 g/mol. The van der Waals surface area contributed by atoms with Gasteiger partial charge in [-0.2, -0.15) is 0 Å². The summed E-state index contributed by atoms with van der Waals surface area (Å²) in [5.74, 6) is -1.60. The van der Waals surface area contributed by atoms with E-state index in [4.69, 9.17) is 9.52 Å². The van der Waals surface area contributed by atoms with Gasteiger partial charge in [-0.05, 0) is 29.8 Å². The molecule has 1 aromatic carbocycles. The molecule has 0 bridgehead atoms. The Balaban J connectivity index is 2.12. The fourth-order valence-electron chi connectivity index (χ4n) is 2.04. The minimum Gasteiger partial charge on any atom is -0.478 e. The number of hydrogen-bond donors (Lipinski definition) is 1. The molecule has 0 saturated carbocycles. The van der Waals surface area contributed by atoms with Crippen LogP contribution in [0.2, 0.25) is 0 Å². The molecular formula is C16H18N2O6S. The van der Waals surface area contributed by atoms with Crippen molar-refractivity contribution >= 4 is 21.9 Å². The standard InChI is InChI=1S/C16H18N2O6S/c1-17(2)25(22,23)14-9-8-13(24-14)15(19)18(3)10-11-4-6-12(7-5-11)16(20)21/h4-9H,10H2,1-3H3,(H,20,21). The van der Waals surface area contributed by atoms with Crippen molar-refractivity contribution in [2.24, 2.45) is 0 Å². The molecule has 0 aliphatic carbocycles. The van der Waals surface area contributed by atoms with Gasteiger partial charge in [0.05, 0.1) is 5.56 Å². The molecule has 1 N–H and O–H groups in total. The quantitative estimate of drug-likeness (QED) is 0.830. The van der Waals surface area contributed by atoms with Gasteiger partial charge in [0.2, 0.25) is 5.09 Å². The van der Waals surface area contributed by atoms with Crippen LogP contribution in [0.3, 0.4) is 0 Å².